The van der Waals surface area contributed by atoms with Gasteiger partial charge in [0.05, 0.1) is 0 Å². The van der Waals surface area contributed by atoms with E-state index < -0.39 is 6.10 Å². The molecule has 1 N–H and O–H groups in total. The zero-order chi connectivity index (χ0) is 19.4. The lowest BCUT2D eigenvalue weighted by atomic mass is 9.87. The molecule has 1 aliphatic rings. The Morgan fingerprint density at radius 2 is 1.81 bits per heavy atom. The quantitative estimate of drug-likeness (QED) is 0.830. The minimum absolute atomic E-state index is 0.0880. The largest absolute Gasteiger partial charge is 0.481 e. The van der Waals surface area contributed by atoms with Crippen molar-refractivity contribution in [2.75, 3.05) is 6.79 Å². The van der Waals surface area contributed by atoms with Gasteiger partial charge < -0.3 is 19.5 Å². The van der Waals surface area contributed by atoms with Crippen molar-refractivity contribution in [1.82, 2.24) is 5.32 Å². The number of ether oxygens (including phenoxy) is 3. The molecule has 0 saturated carbocycles. The van der Waals surface area contributed by atoms with Crippen LogP contribution in [0.25, 0.3) is 0 Å². The highest BCUT2D eigenvalue weighted by Gasteiger charge is 2.20. The maximum atomic E-state index is 12.5. The molecule has 0 saturated heterocycles. The van der Waals surface area contributed by atoms with Gasteiger partial charge in [-0.15, -0.1) is 0 Å². The second kappa shape index (κ2) is 7.91. The van der Waals surface area contributed by atoms with Crippen LogP contribution in [0.15, 0.2) is 42.5 Å². The van der Waals surface area contributed by atoms with E-state index in [0.717, 1.165) is 11.3 Å². The summed E-state index contributed by atoms with van der Waals surface area (Å²) in [4.78, 5) is 12.5. The second-order valence-electron chi connectivity index (χ2n) is 7.69. The third kappa shape index (κ3) is 4.73. The summed E-state index contributed by atoms with van der Waals surface area (Å²) < 4.78 is 16.6. The number of amides is 1. The lowest BCUT2D eigenvalue weighted by Crippen LogP contribution is -2.37. The second-order valence-corrected chi connectivity index (χ2v) is 7.69. The SMILES string of the molecule is CC[C@@H](Oc1ccc(C(C)(C)C)cc1)C(=O)NCc1ccc2c(c1)OCO2. The highest BCUT2D eigenvalue weighted by Crippen LogP contribution is 2.32. The van der Waals surface area contributed by atoms with Gasteiger partial charge in [-0.05, 0) is 47.2 Å². The van der Waals surface area contributed by atoms with Gasteiger partial charge >= 0.3 is 0 Å². The number of rotatable bonds is 6. The maximum absolute atomic E-state index is 12.5. The minimum atomic E-state index is -0.528. The van der Waals surface area contributed by atoms with Gasteiger partial charge in [0, 0.05) is 6.54 Å². The Balaban J connectivity index is 1.57. The molecule has 1 atom stereocenters. The number of hydrogen-bond donors (Lipinski definition) is 1. The summed E-state index contributed by atoms with van der Waals surface area (Å²) >= 11 is 0. The zero-order valence-electron chi connectivity index (χ0n) is 16.4. The fourth-order valence-corrected chi connectivity index (χ4v) is 2.87. The zero-order valence-corrected chi connectivity index (χ0v) is 16.4. The summed E-state index contributed by atoms with van der Waals surface area (Å²) in [5.74, 6) is 2.02. The third-order valence-electron chi connectivity index (χ3n) is 4.57. The first kappa shape index (κ1) is 19.1. The minimum Gasteiger partial charge on any atom is -0.481 e. The van der Waals surface area contributed by atoms with Gasteiger partial charge in [0.15, 0.2) is 17.6 Å². The average Bonchev–Trinajstić information content (AvgIpc) is 3.11. The summed E-state index contributed by atoms with van der Waals surface area (Å²) in [7, 11) is 0. The first-order chi connectivity index (χ1) is 12.9. The van der Waals surface area contributed by atoms with Crippen LogP contribution in [0.5, 0.6) is 17.2 Å². The lowest BCUT2D eigenvalue weighted by Gasteiger charge is -2.21. The molecule has 27 heavy (non-hydrogen) atoms. The molecule has 0 spiro atoms. The molecule has 5 heteroatoms. The van der Waals surface area contributed by atoms with E-state index in [1.54, 1.807) is 0 Å². The number of carbonyl (C=O) groups excluding carboxylic acids is 1. The standard InChI is InChI=1S/C22H27NO4/c1-5-18(27-17-9-7-16(8-10-17)22(2,3)4)21(24)23-13-15-6-11-19-20(12-15)26-14-25-19/h6-12,18H,5,13-14H2,1-4H3,(H,23,24)/t18-/m1/s1. The molecule has 0 aliphatic carbocycles. The highest BCUT2D eigenvalue weighted by atomic mass is 16.7. The number of fused-ring (bicyclic) bond motifs is 1. The van der Waals surface area contributed by atoms with Gasteiger partial charge in [-0.3, -0.25) is 4.79 Å². The fourth-order valence-electron chi connectivity index (χ4n) is 2.87. The van der Waals surface area contributed by atoms with Crippen molar-refractivity contribution < 1.29 is 19.0 Å². The molecule has 0 aromatic heterocycles. The molecule has 1 heterocycles. The number of nitrogens with one attached hydrogen (secondary N) is 1. The van der Waals surface area contributed by atoms with Gasteiger partial charge in [-0.1, -0.05) is 45.9 Å². The summed E-state index contributed by atoms with van der Waals surface area (Å²) in [6, 6.07) is 13.6. The molecule has 0 unspecified atom stereocenters. The van der Waals surface area contributed by atoms with Crippen molar-refractivity contribution in [3.05, 3.63) is 53.6 Å². The normalized spacial score (nSPS) is 13.9. The molecule has 5 nitrogen and oxygen atoms in total. The Labute approximate surface area is 160 Å². The van der Waals surface area contributed by atoms with Crippen LogP contribution in [0.2, 0.25) is 0 Å². The van der Waals surface area contributed by atoms with Crippen molar-refractivity contribution in [3.63, 3.8) is 0 Å². The third-order valence-corrected chi connectivity index (χ3v) is 4.57. The molecular formula is C22H27NO4. The van der Waals surface area contributed by atoms with E-state index in [0.29, 0.717) is 24.5 Å². The Bertz CT molecular complexity index is 793. The Morgan fingerprint density at radius 1 is 1.11 bits per heavy atom. The monoisotopic (exact) mass is 369 g/mol. The average molecular weight is 369 g/mol. The van der Waals surface area contributed by atoms with Gasteiger partial charge in [0.1, 0.15) is 5.75 Å². The summed E-state index contributed by atoms with van der Waals surface area (Å²) in [6.07, 6.45) is 0.0630. The molecule has 0 radical (unpaired) electrons. The van der Waals surface area contributed by atoms with E-state index in [1.807, 2.05) is 49.4 Å². The fraction of sp³-hybridized carbons (Fsp3) is 0.409. The van der Waals surface area contributed by atoms with Crippen molar-refractivity contribution in [1.29, 1.82) is 0 Å². The van der Waals surface area contributed by atoms with Gasteiger partial charge in [0.25, 0.3) is 5.91 Å². The Morgan fingerprint density at radius 3 is 2.48 bits per heavy atom. The van der Waals surface area contributed by atoms with Crippen LogP contribution in [0.3, 0.4) is 0 Å². The number of carbonyl (C=O) groups is 1. The topological polar surface area (TPSA) is 56.8 Å². The molecule has 0 fully saturated rings. The van der Waals surface area contributed by atoms with E-state index in [2.05, 4.69) is 26.1 Å². The first-order valence-corrected chi connectivity index (χ1v) is 9.30. The molecule has 0 bridgehead atoms. The number of hydrogen-bond acceptors (Lipinski definition) is 4. The summed E-state index contributed by atoms with van der Waals surface area (Å²) in [6.45, 7) is 9.10. The van der Waals surface area contributed by atoms with E-state index in [4.69, 9.17) is 14.2 Å². The smallest absolute Gasteiger partial charge is 0.261 e. The molecule has 2 aromatic carbocycles. The Hall–Kier alpha value is -2.69. The van der Waals surface area contributed by atoms with Crippen LogP contribution < -0.4 is 19.5 Å². The van der Waals surface area contributed by atoms with E-state index in [9.17, 15) is 4.79 Å². The molecule has 144 valence electrons. The van der Waals surface area contributed by atoms with Crippen molar-refractivity contribution >= 4 is 5.91 Å². The van der Waals surface area contributed by atoms with Crippen molar-refractivity contribution in [2.24, 2.45) is 0 Å². The molecular weight excluding hydrogens is 342 g/mol. The highest BCUT2D eigenvalue weighted by molar-refractivity contribution is 5.81. The predicted octanol–water partition coefficient (Wildman–Crippen LogP) is 4.19. The van der Waals surface area contributed by atoms with E-state index in [1.165, 1.54) is 5.56 Å². The predicted molar refractivity (Wildman–Crippen MR) is 104 cm³/mol. The van der Waals surface area contributed by atoms with Crippen molar-refractivity contribution in [2.45, 2.75) is 52.2 Å². The molecule has 1 aliphatic heterocycles. The molecule has 2 aromatic rings. The first-order valence-electron chi connectivity index (χ1n) is 9.30. The lowest BCUT2D eigenvalue weighted by molar-refractivity contribution is -0.128. The molecule has 1 amide bonds. The van der Waals surface area contributed by atoms with Gasteiger partial charge in [0.2, 0.25) is 6.79 Å². The van der Waals surface area contributed by atoms with Crippen LogP contribution >= 0.6 is 0 Å². The van der Waals surface area contributed by atoms with Crippen LogP contribution in [0.1, 0.15) is 45.2 Å². The summed E-state index contributed by atoms with van der Waals surface area (Å²) in [5.41, 5.74) is 2.28. The molecule has 3 rings (SSSR count). The number of benzene rings is 2. The Kier molecular flexibility index (Phi) is 5.59. The van der Waals surface area contributed by atoms with Crippen LogP contribution in [-0.2, 0) is 16.8 Å². The summed E-state index contributed by atoms with van der Waals surface area (Å²) in [5, 5.41) is 2.94. The van der Waals surface area contributed by atoms with Crippen LogP contribution in [-0.4, -0.2) is 18.8 Å². The van der Waals surface area contributed by atoms with Crippen LogP contribution in [0.4, 0.5) is 0 Å². The van der Waals surface area contributed by atoms with E-state index >= 15 is 0 Å². The van der Waals surface area contributed by atoms with Gasteiger partial charge in [-0.25, -0.2) is 0 Å². The van der Waals surface area contributed by atoms with Crippen LogP contribution in [0, 0.1) is 0 Å². The van der Waals surface area contributed by atoms with Gasteiger partial charge in [-0.2, -0.15) is 0 Å². The van der Waals surface area contributed by atoms with Crippen molar-refractivity contribution in [3.8, 4) is 17.2 Å². The van der Waals surface area contributed by atoms with E-state index in [-0.39, 0.29) is 18.1 Å². The maximum Gasteiger partial charge on any atom is 0.261 e.